The van der Waals surface area contributed by atoms with E-state index in [1.807, 2.05) is 37.3 Å². The highest BCUT2D eigenvalue weighted by Crippen LogP contribution is 2.49. The second-order valence-corrected chi connectivity index (χ2v) is 7.12. The van der Waals surface area contributed by atoms with Crippen molar-refractivity contribution in [2.24, 2.45) is 5.92 Å². The van der Waals surface area contributed by atoms with Crippen molar-refractivity contribution < 1.29 is 4.79 Å². The van der Waals surface area contributed by atoms with Gasteiger partial charge in [-0.25, -0.2) is 0 Å². The third-order valence-electron chi connectivity index (χ3n) is 5.19. The summed E-state index contributed by atoms with van der Waals surface area (Å²) in [5.74, 6) is 0.785. The minimum absolute atomic E-state index is 0.0105. The van der Waals surface area contributed by atoms with Gasteiger partial charge in [-0.1, -0.05) is 35.9 Å². The molecule has 0 saturated carbocycles. The molecule has 1 heterocycles. The highest BCUT2D eigenvalue weighted by Gasteiger charge is 2.38. The molecule has 128 valence electrons. The Hall–Kier alpha value is -2.26. The van der Waals surface area contributed by atoms with Gasteiger partial charge < -0.3 is 10.6 Å². The van der Waals surface area contributed by atoms with Crippen LogP contribution in [0.3, 0.4) is 0 Å². The number of anilines is 1. The van der Waals surface area contributed by atoms with E-state index in [0.29, 0.717) is 18.4 Å². The fraction of sp³-hybridized carbons (Fsp3) is 0.286. The number of amides is 1. The quantitative estimate of drug-likeness (QED) is 0.770. The third-order valence-corrected chi connectivity index (χ3v) is 5.44. The standard InChI is InChI=1S/C21H21ClN2O/c1-2-23-21(25)14-8-11-19-18(12-14)16-4-3-5-17(16)20(24-19)13-6-9-15(22)10-7-13/h3-4,6-12,16-17,20,24H,2,5H2,1H3,(H,23,25). The molecule has 1 aliphatic carbocycles. The van der Waals surface area contributed by atoms with Crippen molar-refractivity contribution in [2.75, 3.05) is 11.9 Å². The second kappa shape index (κ2) is 6.57. The molecule has 0 fully saturated rings. The van der Waals surface area contributed by atoms with Crippen LogP contribution in [-0.4, -0.2) is 12.5 Å². The molecule has 1 aliphatic heterocycles. The number of carbonyl (C=O) groups is 1. The van der Waals surface area contributed by atoms with Crippen molar-refractivity contribution in [1.82, 2.24) is 5.32 Å². The molecule has 3 atom stereocenters. The molecule has 25 heavy (non-hydrogen) atoms. The van der Waals surface area contributed by atoms with Crippen LogP contribution >= 0.6 is 11.6 Å². The van der Waals surface area contributed by atoms with E-state index < -0.39 is 0 Å². The molecule has 2 aromatic carbocycles. The van der Waals surface area contributed by atoms with Gasteiger partial charge in [0.2, 0.25) is 0 Å². The smallest absolute Gasteiger partial charge is 0.251 e. The zero-order valence-corrected chi connectivity index (χ0v) is 14.9. The maximum absolute atomic E-state index is 12.2. The second-order valence-electron chi connectivity index (χ2n) is 6.69. The number of hydrogen-bond donors (Lipinski definition) is 2. The predicted molar refractivity (Wildman–Crippen MR) is 102 cm³/mol. The van der Waals surface area contributed by atoms with Gasteiger partial charge >= 0.3 is 0 Å². The lowest BCUT2D eigenvalue weighted by atomic mass is 9.76. The molecule has 3 unspecified atom stereocenters. The van der Waals surface area contributed by atoms with E-state index in [-0.39, 0.29) is 11.9 Å². The molecule has 0 bridgehead atoms. The normalized spacial score (nSPS) is 23.5. The lowest BCUT2D eigenvalue weighted by molar-refractivity contribution is 0.0955. The first-order chi connectivity index (χ1) is 12.2. The molecule has 0 spiro atoms. The molecule has 2 aromatic rings. The van der Waals surface area contributed by atoms with Gasteiger partial charge in [0.1, 0.15) is 0 Å². The molecule has 0 saturated heterocycles. The van der Waals surface area contributed by atoms with Crippen LogP contribution in [0.1, 0.15) is 46.8 Å². The minimum atomic E-state index is -0.0105. The molecule has 4 rings (SSSR count). The average Bonchev–Trinajstić information content (AvgIpc) is 3.11. The number of nitrogens with one attached hydrogen (secondary N) is 2. The van der Waals surface area contributed by atoms with Crippen molar-refractivity contribution in [3.8, 4) is 0 Å². The van der Waals surface area contributed by atoms with Crippen LogP contribution in [0.5, 0.6) is 0 Å². The summed E-state index contributed by atoms with van der Waals surface area (Å²) in [5, 5.41) is 7.32. The Labute approximate surface area is 153 Å². The molecule has 0 radical (unpaired) electrons. The Balaban J connectivity index is 1.71. The number of rotatable bonds is 3. The maximum Gasteiger partial charge on any atom is 0.251 e. The Kier molecular flexibility index (Phi) is 4.26. The molecular formula is C21H21ClN2O. The summed E-state index contributed by atoms with van der Waals surface area (Å²) in [6.45, 7) is 2.57. The summed E-state index contributed by atoms with van der Waals surface area (Å²) in [5.41, 5.74) is 4.31. The summed E-state index contributed by atoms with van der Waals surface area (Å²) < 4.78 is 0. The van der Waals surface area contributed by atoms with Crippen molar-refractivity contribution in [2.45, 2.75) is 25.3 Å². The largest absolute Gasteiger partial charge is 0.378 e. The predicted octanol–water partition coefficient (Wildman–Crippen LogP) is 4.92. The number of halogens is 1. The fourth-order valence-electron chi connectivity index (χ4n) is 4.00. The van der Waals surface area contributed by atoms with E-state index >= 15 is 0 Å². The molecule has 4 heteroatoms. The number of benzene rings is 2. The van der Waals surface area contributed by atoms with Crippen LogP contribution in [0, 0.1) is 5.92 Å². The van der Waals surface area contributed by atoms with Crippen LogP contribution in [-0.2, 0) is 0 Å². The Morgan fingerprint density at radius 3 is 2.80 bits per heavy atom. The average molecular weight is 353 g/mol. The van der Waals surface area contributed by atoms with Gasteiger partial charge in [0.25, 0.3) is 5.91 Å². The summed E-state index contributed by atoms with van der Waals surface area (Å²) >= 11 is 6.05. The summed E-state index contributed by atoms with van der Waals surface area (Å²) in [6, 6.07) is 14.3. The van der Waals surface area contributed by atoms with Gasteiger partial charge in [-0.2, -0.15) is 0 Å². The highest BCUT2D eigenvalue weighted by atomic mass is 35.5. The topological polar surface area (TPSA) is 41.1 Å². The summed E-state index contributed by atoms with van der Waals surface area (Å²) in [6.07, 6.45) is 5.58. The van der Waals surface area contributed by atoms with Gasteiger partial charge in [-0.3, -0.25) is 4.79 Å². The van der Waals surface area contributed by atoms with Gasteiger partial charge in [0.15, 0.2) is 0 Å². The third kappa shape index (κ3) is 2.93. The van der Waals surface area contributed by atoms with Crippen LogP contribution < -0.4 is 10.6 Å². The van der Waals surface area contributed by atoms with E-state index in [9.17, 15) is 4.79 Å². The van der Waals surface area contributed by atoms with E-state index in [4.69, 9.17) is 11.6 Å². The summed E-state index contributed by atoms with van der Waals surface area (Å²) in [4.78, 5) is 12.2. The molecule has 3 nitrogen and oxygen atoms in total. The van der Waals surface area contributed by atoms with E-state index in [1.54, 1.807) is 0 Å². The lowest BCUT2D eigenvalue weighted by Gasteiger charge is -2.37. The van der Waals surface area contributed by atoms with Crippen LogP contribution in [0.15, 0.2) is 54.6 Å². The van der Waals surface area contributed by atoms with Gasteiger partial charge in [-0.15, -0.1) is 0 Å². The Bertz CT molecular complexity index is 828. The van der Waals surface area contributed by atoms with Gasteiger partial charge in [-0.05, 0) is 60.7 Å². The zero-order valence-electron chi connectivity index (χ0n) is 14.1. The Morgan fingerprint density at radius 2 is 2.04 bits per heavy atom. The van der Waals surface area contributed by atoms with Crippen molar-refractivity contribution in [3.63, 3.8) is 0 Å². The van der Waals surface area contributed by atoms with Crippen LogP contribution in [0.4, 0.5) is 5.69 Å². The fourth-order valence-corrected chi connectivity index (χ4v) is 4.12. The van der Waals surface area contributed by atoms with Crippen molar-refractivity contribution in [3.05, 3.63) is 76.3 Å². The van der Waals surface area contributed by atoms with E-state index in [2.05, 4.69) is 34.9 Å². The molecule has 2 aliphatic rings. The lowest BCUT2D eigenvalue weighted by Crippen LogP contribution is -2.30. The van der Waals surface area contributed by atoms with Crippen molar-refractivity contribution >= 4 is 23.2 Å². The van der Waals surface area contributed by atoms with Crippen LogP contribution in [0.25, 0.3) is 0 Å². The monoisotopic (exact) mass is 352 g/mol. The van der Waals surface area contributed by atoms with Crippen molar-refractivity contribution in [1.29, 1.82) is 0 Å². The first-order valence-electron chi connectivity index (χ1n) is 8.78. The molecule has 2 N–H and O–H groups in total. The molecule has 0 aromatic heterocycles. The zero-order chi connectivity index (χ0) is 17.4. The molecule has 1 amide bonds. The Morgan fingerprint density at radius 1 is 1.24 bits per heavy atom. The SMILES string of the molecule is CCNC(=O)c1ccc2c(c1)C1C=CCC1C(c1ccc(Cl)cc1)N2. The van der Waals surface area contributed by atoms with Gasteiger partial charge in [0, 0.05) is 28.7 Å². The number of carbonyl (C=O) groups excluding carboxylic acids is 1. The highest BCUT2D eigenvalue weighted by molar-refractivity contribution is 6.30. The van der Waals surface area contributed by atoms with Gasteiger partial charge in [0.05, 0.1) is 6.04 Å². The van der Waals surface area contributed by atoms with Crippen LogP contribution in [0.2, 0.25) is 5.02 Å². The number of allylic oxidation sites excluding steroid dienone is 2. The first-order valence-corrected chi connectivity index (χ1v) is 9.16. The van der Waals surface area contributed by atoms with E-state index in [0.717, 1.165) is 22.7 Å². The molecular weight excluding hydrogens is 332 g/mol. The maximum atomic E-state index is 12.2. The number of hydrogen-bond acceptors (Lipinski definition) is 2. The van der Waals surface area contributed by atoms with E-state index in [1.165, 1.54) is 11.1 Å². The minimum Gasteiger partial charge on any atom is -0.378 e. The number of fused-ring (bicyclic) bond motifs is 3. The first kappa shape index (κ1) is 16.2. The summed E-state index contributed by atoms with van der Waals surface area (Å²) in [7, 11) is 0.